The summed E-state index contributed by atoms with van der Waals surface area (Å²) in [5, 5.41) is 16.4. The molecule has 1 aliphatic carbocycles. The van der Waals surface area contributed by atoms with Crippen molar-refractivity contribution < 1.29 is 4.79 Å². The molecule has 1 atom stereocenters. The van der Waals surface area contributed by atoms with Crippen molar-refractivity contribution >= 4 is 17.2 Å². The number of benzene rings is 2. The molecule has 0 bridgehead atoms. The van der Waals surface area contributed by atoms with Crippen LogP contribution in [0.1, 0.15) is 55.9 Å². The molecule has 2 aliphatic rings. The Morgan fingerprint density at radius 1 is 1.17 bits per heavy atom. The lowest BCUT2D eigenvalue weighted by atomic mass is 9.78. The van der Waals surface area contributed by atoms with E-state index in [1.807, 2.05) is 31.2 Å². The van der Waals surface area contributed by atoms with Gasteiger partial charge in [-0.05, 0) is 59.6 Å². The number of carbonyl (C=O) groups excluding carboxylic acids is 1. The third-order valence-electron chi connectivity index (χ3n) is 6.14. The first-order valence-corrected chi connectivity index (χ1v) is 10.6. The Hall–Kier alpha value is -3.06. The number of aryl methyl sites for hydroxylation is 2. The van der Waals surface area contributed by atoms with Gasteiger partial charge in [0.1, 0.15) is 11.6 Å². The lowest BCUT2D eigenvalue weighted by Crippen LogP contribution is -2.48. The van der Waals surface area contributed by atoms with Crippen LogP contribution in [-0.2, 0) is 16.8 Å². The Morgan fingerprint density at radius 2 is 1.90 bits per heavy atom. The third kappa shape index (κ3) is 3.73. The Morgan fingerprint density at radius 3 is 2.57 bits per heavy atom. The van der Waals surface area contributed by atoms with Gasteiger partial charge in [-0.2, -0.15) is 5.26 Å². The van der Waals surface area contributed by atoms with Gasteiger partial charge in [0, 0.05) is 18.7 Å². The van der Waals surface area contributed by atoms with Crippen molar-refractivity contribution in [3.63, 3.8) is 0 Å². The number of hydrogen-bond donors (Lipinski definition) is 2. The highest BCUT2D eigenvalue weighted by Crippen LogP contribution is 2.47. The second-order valence-corrected chi connectivity index (χ2v) is 9.83. The standard InChI is InChI=1S/C26H29N3O/c1-17-5-7-18(8-6-17)21-14-26(29-24(30)22(21)15-27)12-11-19-13-20(9-10-23(19)26)28-16-25(2,3)4/h5-10,13,28H,11-12,14,16H2,1-4H3,(H,29,30)/t26-/m0/s1. The van der Waals surface area contributed by atoms with E-state index < -0.39 is 5.54 Å². The number of nitrogens with zero attached hydrogens (tertiary/aromatic N) is 1. The molecular formula is C26H29N3O. The molecule has 0 radical (unpaired) electrons. The van der Waals surface area contributed by atoms with Crippen LogP contribution in [0.5, 0.6) is 0 Å². The van der Waals surface area contributed by atoms with Gasteiger partial charge >= 0.3 is 0 Å². The van der Waals surface area contributed by atoms with Gasteiger partial charge in [0.25, 0.3) is 5.91 Å². The number of anilines is 1. The van der Waals surface area contributed by atoms with E-state index in [9.17, 15) is 10.1 Å². The van der Waals surface area contributed by atoms with E-state index in [-0.39, 0.29) is 16.9 Å². The van der Waals surface area contributed by atoms with E-state index >= 15 is 0 Å². The van der Waals surface area contributed by atoms with E-state index in [0.29, 0.717) is 6.42 Å². The van der Waals surface area contributed by atoms with E-state index in [1.165, 1.54) is 11.1 Å². The second-order valence-electron chi connectivity index (χ2n) is 9.83. The number of amides is 1. The molecule has 1 aliphatic heterocycles. The van der Waals surface area contributed by atoms with Gasteiger partial charge in [0.2, 0.25) is 0 Å². The fourth-order valence-corrected chi connectivity index (χ4v) is 4.51. The third-order valence-corrected chi connectivity index (χ3v) is 6.14. The van der Waals surface area contributed by atoms with E-state index in [0.717, 1.165) is 41.8 Å². The maximum atomic E-state index is 12.9. The van der Waals surface area contributed by atoms with Crippen LogP contribution in [0, 0.1) is 23.7 Å². The molecular weight excluding hydrogens is 370 g/mol. The molecule has 2 N–H and O–H groups in total. The Labute approximate surface area is 179 Å². The molecule has 0 aromatic heterocycles. The normalized spacial score (nSPS) is 20.7. The van der Waals surface area contributed by atoms with Crippen LogP contribution < -0.4 is 10.6 Å². The lowest BCUT2D eigenvalue weighted by molar-refractivity contribution is -0.119. The summed E-state index contributed by atoms with van der Waals surface area (Å²) in [6.45, 7) is 9.58. The van der Waals surface area contributed by atoms with Crippen molar-refractivity contribution in [1.29, 1.82) is 5.26 Å². The van der Waals surface area contributed by atoms with Gasteiger partial charge in [0.05, 0.1) is 5.54 Å². The predicted octanol–water partition coefficient (Wildman–Crippen LogP) is 5.09. The zero-order chi connectivity index (χ0) is 21.5. The van der Waals surface area contributed by atoms with Crippen LogP contribution in [0.3, 0.4) is 0 Å². The van der Waals surface area contributed by atoms with Crippen molar-refractivity contribution in [2.45, 2.75) is 52.5 Å². The number of nitrogens with one attached hydrogen (secondary N) is 2. The Balaban J connectivity index is 1.69. The SMILES string of the molecule is Cc1ccc(C2=C(C#N)C(=O)N[C@@]3(CCc4cc(NCC(C)(C)C)ccc43)C2)cc1. The highest BCUT2D eigenvalue weighted by molar-refractivity contribution is 6.07. The average Bonchev–Trinajstić information content (AvgIpc) is 3.03. The maximum absolute atomic E-state index is 12.9. The fraction of sp³-hybridized carbons (Fsp3) is 0.385. The zero-order valence-electron chi connectivity index (χ0n) is 18.2. The average molecular weight is 400 g/mol. The summed E-state index contributed by atoms with van der Waals surface area (Å²) >= 11 is 0. The number of rotatable bonds is 3. The molecule has 30 heavy (non-hydrogen) atoms. The van der Waals surface area contributed by atoms with Crippen LogP contribution in [0.2, 0.25) is 0 Å². The van der Waals surface area contributed by atoms with Gasteiger partial charge in [0.15, 0.2) is 0 Å². The van der Waals surface area contributed by atoms with Gasteiger partial charge < -0.3 is 10.6 Å². The first-order valence-electron chi connectivity index (χ1n) is 10.6. The minimum absolute atomic E-state index is 0.207. The maximum Gasteiger partial charge on any atom is 0.262 e. The van der Waals surface area contributed by atoms with Crippen LogP contribution in [0.15, 0.2) is 48.0 Å². The monoisotopic (exact) mass is 399 g/mol. The molecule has 0 unspecified atom stereocenters. The topological polar surface area (TPSA) is 64.9 Å². The number of carbonyl (C=O) groups is 1. The molecule has 2 aromatic carbocycles. The smallest absolute Gasteiger partial charge is 0.262 e. The van der Waals surface area contributed by atoms with E-state index in [1.54, 1.807) is 0 Å². The van der Waals surface area contributed by atoms with Gasteiger partial charge in [-0.25, -0.2) is 0 Å². The molecule has 4 rings (SSSR count). The fourth-order valence-electron chi connectivity index (χ4n) is 4.51. The van der Waals surface area contributed by atoms with Gasteiger partial charge in [-0.15, -0.1) is 0 Å². The molecule has 2 aromatic rings. The highest BCUT2D eigenvalue weighted by Gasteiger charge is 2.45. The van der Waals surface area contributed by atoms with Crippen LogP contribution >= 0.6 is 0 Å². The van der Waals surface area contributed by atoms with Crippen LogP contribution in [0.25, 0.3) is 5.57 Å². The largest absolute Gasteiger partial charge is 0.385 e. The first-order chi connectivity index (χ1) is 14.2. The molecule has 0 fully saturated rings. The molecule has 0 saturated heterocycles. The summed E-state index contributed by atoms with van der Waals surface area (Å²) < 4.78 is 0. The highest BCUT2D eigenvalue weighted by atomic mass is 16.2. The van der Waals surface area contributed by atoms with E-state index in [2.05, 4.69) is 55.7 Å². The van der Waals surface area contributed by atoms with Crippen LogP contribution in [0.4, 0.5) is 5.69 Å². The number of hydrogen-bond acceptors (Lipinski definition) is 3. The van der Waals surface area contributed by atoms with Gasteiger partial charge in [-0.3, -0.25) is 4.79 Å². The summed E-state index contributed by atoms with van der Waals surface area (Å²) in [4.78, 5) is 12.9. The molecule has 1 heterocycles. The summed E-state index contributed by atoms with van der Waals surface area (Å²) in [6, 6.07) is 16.7. The molecule has 154 valence electrons. The Kier molecular flexibility index (Phi) is 4.94. The minimum atomic E-state index is -0.435. The van der Waals surface area contributed by atoms with Crippen LogP contribution in [-0.4, -0.2) is 12.5 Å². The second kappa shape index (κ2) is 7.32. The van der Waals surface area contributed by atoms with Crippen molar-refractivity contribution in [3.8, 4) is 6.07 Å². The molecule has 1 amide bonds. The molecule has 1 spiro atoms. The predicted molar refractivity (Wildman–Crippen MR) is 121 cm³/mol. The first kappa shape index (κ1) is 20.2. The number of nitriles is 1. The molecule has 4 heteroatoms. The van der Waals surface area contributed by atoms with E-state index in [4.69, 9.17) is 0 Å². The summed E-state index contributed by atoms with van der Waals surface area (Å²) in [7, 11) is 0. The van der Waals surface area contributed by atoms with Gasteiger partial charge in [-0.1, -0.05) is 56.7 Å². The molecule has 4 nitrogen and oxygen atoms in total. The van der Waals surface area contributed by atoms with Crippen molar-refractivity contribution in [2.75, 3.05) is 11.9 Å². The lowest BCUT2D eigenvalue weighted by Gasteiger charge is -2.37. The number of fused-ring (bicyclic) bond motifs is 2. The molecule has 0 saturated carbocycles. The summed E-state index contributed by atoms with van der Waals surface area (Å²) in [6.07, 6.45) is 2.42. The van der Waals surface area contributed by atoms with Crippen molar-refractivity contribution in [2.24, 2.45) is 5.41 Å². The minimum Gasteiger partial charge on any atom is -0.385 e. The van der Waals surface area contributed by atoms with Crippen molar-refractivity contribution in [1.82, 2.24) is 5.32 Å². The summed E-state index contributed by atoms with van der Waals surface area (Å²) in [5.74, 6) is -0.262. The summed E-state index contributed by atoms with van der Waals surface area (Å²) in [5.41, 5.74) is 6.56. The zero-order valence-corrected chi connectivity index (χ0v) is 18.2. The Bertz CT molecular complexity index is 1070. The van der Waals surface area contributed by atoms with Crippen molar-refractivity contribution in [3.05, 3.63) is 70.3 Å². The quantitative estimate of drug-likeness (QED) is 0.755.